The summed E-state index contributed by atoms with van der Waals surface area (Å²) in [4.78, 5) is 2.64. The second-order valence-electron chi connectivity index (χ2n) is 4.65. The first kappa shape index (κ1) is 9.22. The number of hydrogen-bond acceptors (Lipinski definition) is 2. The minimum atomic E-state index is 0.676. The Hall–Kier alpha value is -1.02. The standard InChI is InChI=1S/C13H18N2/c1-2-5-11(6-3-1)14-12-8-10-15-9-4-7-13(12)15/h1-3,5-6,12-14H,4,7-10H2. The Kier molecular flexibility index (Phi) is 2.37. The molecule has 0 aliphatic carbocycles. The van der Waals surface area contributed by atoms with Crippen molar-refractivity contribution < 1.29 is 0 Å². The SMILES string of the molecule is c1ccc(NC2CCN3CCCC23)cc1. The summed E-state index contributed by atoms with van der Waals surface area (Å²) < 4.78 is 0. The fraction of sp³-hybridized carbons (Fsp3) is 0.538. The van der Waals surface area contributed by atoms with Crippen LogP contribution >= 0.6 is 0 Å². The number of hydrogen-bond donors (Lipinski definition) is 1. The molecule has 0 saturated carbocycles. The van der Waals surface area contributed by atoms with Gasteiger partial charge in [0.25, 0.3) is 0 Å². The van der Waals surface area contributed by atoms with E-state index in [1.54, 1.807) is 0 Å². The molecule has 15 heavy (non-hydrogen) atoms. The molecule has 2 aliphatic heterocycles. The lowest BCUT2D eigenvalue weighted by Crippen LogP contribution is -2.33. The van der Waals surface area contributed by atoms with Gasteiger partial charge in [-0.15, -0.1) is 0 Å². The third-order valence-electron chi connectivity index (χ3n) is 3.73. The zero-order valence-electron chi connectivity index (χ0n) is 9.02. The van der Waals surface area contributed by atoms with E-state index in [2.05, 4.69) is 40.5 Å². The molecule has 2 fully saturated rings. The van der Waals surface area contributed by atoms with Crippen molar-refractivity contribution in [2.45, 2.75) is 31.3 Å². The van der Waals surface area contributed by atoms with Crippen molar-refractivity contribution in [1.29, 1.82) is 0 Å². The second kappa shape index (κ2) is 3.86. The normalized spacial score (nSPS) is 30.4. The van der Waals surface area contributed by atoms with Crippen LogP contribution in [0.25, 0.3) is 0 Å². The quantitative estimate of drug-likeness (QED) is 0.792. The van der Waals surface area contributed by atoms with Crippen LogP contribution in [-0.2, 0) is 0 Å². The van der Waals surface area contributed by atoms with Crippen LogP contribution in [0, 0.1) is 0 Å². The van der Waals surface area contributed by atoms with Gasteiger partial charge >= 0.3 is 0 Å². The number of nitrogens with zero attached hydrogens (tertiary/aromatic N) is 1. The Morgan fingerprint density at radius 3 is 2.80 bits per heavy atom. The average Bonchev–Trinajstić information content (AvgIpc) is 2.85. The molecule has 0 spiro atoms. The maximum Gasteiger partial charge on any atom is 0.0429 e. The second-order valence-corrected chi connectivity index (χ2v) is 4.65. The van der Waals surface area contributed by atoms with Crippen molar-refractivity contribution in [1.82, 2.24) is 4.90 Å². The Morgan fingerprint density at radius 2 is 1.93 bits per heavy atom. The maximum absolute atomic E-state index is 3.67. The molecule has 0 aromatic heterocycles. The van der Waals surface area contributed by atoms with Gasteiger partial charge in [-0.25, -0.2) is 0 Å². The van der Waals surface area contributed by atoms with Gasteiger partial charge in [0.15, 0.2) is 0 Å². The monoisotopic (exact) mass is 202 g/mol. The highest BCUT2D eigenvalue weighted by Crippen LogP contribution is 2.29. The molecular weight excluding hydrogens is 184 g/mol. The van der Waals surface area contributed by atoms with Crippen molar-refractivity contribution in [3.63, 3.8) is 0 Å². The van der Waals surface area contributed by atoms with Gasteiger partial charge in [0.05, 0.1) is 0 Å². The van der Waals surface area contributed by atoms with Crippen LogP contribution < -0.4 is 5.32 Å². The smallest absolute Gasteiger partial charge is 0.0429 e. The van der Waals surface area contributed by atoms with Crippen LogP contribution in [0.4, 0.5) is 5.69 Å². The highest BCUT2D eigenvalue weighted by Gasteiger charge is 2.36. The molecule has 1 aromatic carbocycles. The van der Waals surface area contributed by atoms with Crippen molar-refractivity contribution in [3.8, 4) is 0 Å². The van der Waals surface area contributed by atoms with Crippen LogP contribution in [0.3, 0.4) is 0 Å². The minimum absolute atomic E-state index is 0.676. The summed E-state index contributed by atoms with van der Waals surface area (Å²) in [5, 5.41) is 3.67. The largest absolute Gasteiger partial charge is 0.381 e. The van der Waals surface area contributed by atoms with Crippen molar-refractivity contribution >= 4 is 5.69 Å². The van der Waals surface area contributed by atoms with Crippen molar-refractivity contribution in [3.05, 3.63) is 30.3 Å². The van der Waals surface area contributed by atoms with E-state index in [-0.39, 0.29) is 0 Å². The van der Waals surface area contributed by atoms with E-state index in [1.165, 1.54) is 38.0 Å². The van der Waals surface area contributed by atoms with Gasteiger partial charge in [0, 0.05) is 24.3 Å². The Balaban J connectivity index is 1.69. The van der Waals surface area contributed by atoms with E-state index in [0.717, 1.165) is 6.04 Å². The van der Waals surface area contributed by atoms with Crippen LogP contribution in [0.5, 0.6) is 0 Å². The van der Waals surface area contributed by atoms with E-state index >= 15 is 0 Å². The fourth-order valence-corrected chi connectivity index (χ4v) is 3.00. The molecular formula is C13H18N2. The van der Waals surface area contributed by atoms with Gasteiger partial charge in [0.1, 0.15) is 0 Å². The number of rotatable bonds is 2. The first-order valence-electron chi connectivity index (χ1n) is 5.99. The summed E-state index contributed by atoms with van der Waals surface area (Å²) in [6.45, 7) is 2.60. The highest BCUT2D eigenvalue weighted by atomic mass is 15.2. The summed E-state index contributed by atoms with van der Waals surface area (Å²) in [7, 11) is 0. The van der Waals surface area contributed by atoms with Gasteiger partial charge in [-0.2, -0.15) is 0 Å². The van der Waals surface area contributed by atoms with E-state index < -0.39 is 0 Å². The van der Waals surface area contributed by atoms with E-state index in [1.807, 2.05) is 0 Å². The maximum atomic E-state index is 3.67. The molecule has 2 heteroatoms. The van der Waals surface area contributed by atoms with E-state index in [9.17, 15) is 0 Å². The number of fused-ring (bicyclic) bond motifs is 1. The van der Waals surface area contributed by atoms with Crippen LogP contribution in [-0.4, -0.2) is 30.1 Å². The third kappa shape index (κ3) is 1.74. The molecule has 2 unspecified atom stereocenters. The zero-order valence-corrected chi connectivity index (χ0v) is 9.02. The minimum Gasteiger partial charge on any atom is -0.381 e. The summed E-state index contributed by atoms with van der Waals surface area (Å²) >= 11 is 0. The number of para-hydroxylation sites is 1. The van der Waals surface area contributed by atoms with Crippen LogP contribution in [0.1, 0.15) is 19.3 Å². The van der Waals surface area contributed by atoms with Gasteiger partial charge in [-0.1, -0.05) is 18.2 Å². The Bertz CT molecular complexity index is 323. The Morgan fingerprint density at radius 1 is 1.07 bits per heavy atom. The molecule has 2 nitrogen and oxygen atoms in total. The van der Waals surface area contributed by atoms with Gasteiger partial charge in [0.2, 0.25) is 0 Å². The van der Waals surface area contributed by atoms with Crippen LogP contribution in [0.15, 0.2) is 30.3 Å². The highest BCUT2D eigenvalue weighted by molar-refractivity contribution is 5.44. The topological polar surface area (TPSA) is 15.3 Å². The third-order valence-corrected chi connectivity index (χ3v) is 3.73. The molecule has 0 amide bonds. The molecule has 2 saturated heterocycles. The molecule has 0 radical (unpaired) electrons. The fourth-order valence-electron chi connectivity index (χ4n) is 3.00. The van der Waals surface area contributed by atoms with Gasteiger partial charge in [-0.3, -0.25) is 4.90 Å². The molecule has 2 atom stereocenters. The predicted octanol–water partition coefficient (Wildman–Crippen LogP) is 2.34. The molecule has 2 heterocycles. The number of anilines is 1. The van der Waals surface area contributed by atoms with Crippen LogP contribution in [0.2, 0.25) is 0 Å². The lowest BCUT2D eigenvalue weighted by molar-refractivity contribution is 0.318. The molecule has 1 aromatic rings. The van der Waals surface area contributed by atoms with Gasteiger partial charge < -0.3 is 5.32 Å². The zero-order chi connectivity index (χ0) is 10.1. The number of nitrogens with one attached hydrogen (secondary N) is 1. The average molecular weight is 202 g/mol. The summed E-state index contributed by atoms with van der Waals surface area (Å²) in [5.41, 5.74) is 1.27. The summed E-state index contributed by atoms with van der Waals surface area (Å²) in [6.07, 6.45) is 4.07. The molecule has 80 valence electrons. The van der Waals surface area contributed by atoms with Gasteiger partial charge in [-0.05, 0) is 37.9 Å². The van der Waals surface area contributed by atoms with Crippen molar-refractivity contribution in [2.24, 2.45) is 0 Å². The molecule has 2 aliphatic rings. The first-order valence-corrected chi connectivity index (χ1v) is 5.99. The predicted molar refractivity (Wildman–Crippen MR) is 63.1 cm³/mol. The van der Waals surface area contributed by atoms with E-state index in [4.69, 9.17) is 0 Å². The molecule has 3 rings (SSSR count). The van der Waals surface area contributed by atoms with E-state index in [0.29, 0.717) is 6.04 Å². The first-order chi connectivity index (χ1) is 7.43. The molecule has 1 N–H and O–H groups in total. The number of benzene rings is 1. The lowest BCUT2D eigenvalue weighted by atomic mass is 10.1. The molecule has 0 bridgehead atoms. The summed E-state index contributed by atoms with van der Waals surface area (Å²) in [5.74, 6) is 0. The summed E-state index contributed by atoms with van der Waals surface area (Å²) in [6, 6.07) is 12.1. The lowest BCUT2D eigenvalue weighted by Gasteiger charge is -2.22. The Labute approximate surface area is 91.3 Å². The van der Waals surface area contributed by atoms with Crippen molar-refractivity contribution in [2.75, 3.05) is 18.4 Å².